The van der Waals surface area contributed by atoms with E-state index in [9.17, 15) is 9.59 Å². The molecule has 0 atom stereocenters. The number of aryl methyl sites for hydroxylation is 1. The number of hydrogen-bond donors (Lipinski definition) is 1. The summed E-state index contributed by atoms with van der Waals surface area (Å²) in [6, 6.07) is 20.0. The van der Waals surface area contributed by atoms with E-state index in [1.807, 2.05) is 31.2 Å². The average Bonchev–Trinajstić information content (AvgIpc) is 3.12. The van der Waals surface area contributed by atoms with E-state index in [0.717, 1.165) is 16.5 Å². The van der Waals surface area contributed by atoms with Gasteiger partial charge in [-0.2, -0.15) is 0 Å². The van der Waals surface area contributed by atoms with Crippen LogP contribution in [0, 0.1) is 6.92 Å². The van der Waals surface area contributed by atoms with Crippen LogP contribution in [0.3, 0.4) is 0 Å². The van der Waals surface area contributed by atoms with Gasteiger partial charge in [0.2, 0.25) is 0 Å². The first-order chi connectivity index (χ1) is 13.5. The normalized spacial score (nSPS) is 10.8. The van der Waals surface area contributed by atoms with Gasteiger partial charge in [0, 0.05) is 22.4 Å². The molecule has 3 aromatic carbocycles. The van der Waals surface area contributed by atoms with Crippen molar-refractivity contribution >= 4 is 28.3 Å². The number of fused-ring (bicyclic) bond motifs is 1. The van der Waals surface area contributed by atoms with Crippen molar-refractivity contribution in [2.75, 3.05) is 5.32 Å². The van der Waals surface area contributed by atoms with Gasteiger partial charge in [-0.1, -0.05) is 47.1 Å². The van der Waals surface area contributed by atoms with Crippen LogP contribution in [-0.2, 0) is 0 Å². The Bertz CT molecular complexity index is 1190. The summed E-state index contributed by atoms with van der Waals surface area (Å²) < 4.78 is 5.52. The number of Topliss-reactive ketones (excluding diaryl/α,β-unsaturated/α-hetero) is 1. The highest BCUT2D eigenvalue weighted by Gasteiger charge is 2.14. The van der Waals surface area contributed by atoms with Crippen molar-refractivity contribution in [1.29, 1.82) is 0 Å². The Morgan fingerprint density at radius 2 is 1.71 bits per heavy atom. The fourth-order valence-electron chi connectivity index (χ4n) is 3.02. The average molecular weight is 370 g/mol. The molecule has 0 aliphatic heterocycles. The Morgan fingerprint density at radius 3 is 2.46 bits per heavy atom. The van der Waals surface area contributed by atoms with Crippen molar-refractivity contribution in [3.8, 4) is 11.3 Å². The van der Waals surface area contributed by atoms with Crippen LogP contribution in [0.4, 0.5) is 5.69 Å². The molecule has 0 aliphatic rings. The van der Waals surface area contributed by atoms with E-state index in [1.165, 1.54) is 6.92 Å². The lowest BCUT2D eigenvalue weighted by Crippen LogP contribution is -2.12. The molecule has 1 N–H and O–H groups in total. The van der Waals surface area contributed by atoms with Gasteiger partial charge >= 0.3 is 0 Å². The van der Waals surface area contributed by atoms with E-state index in [4.69, 9.17) is 4.52 Å². The summed E-state index contributed by atoms with van der Waals surface area (Å²) in [4.78, 5) is 24.2. The van der Waals surface area contributed by atoms with Gasteiger partial charge in [-0.25, -0.2) is 0 Å². The van der Waals surface area contributed by atoms with Crippen LogP contribution in [0.25, 0.3) is 22.2 Å². The number of hydrogen-bond acceptors (Lipinski definition) is 4. The first kappa shape index (κ1) is 17.7. The maximum absolute atomic E-state index is 12.7. The summed E-state index contributed by atoms with van der Waals surface area (Å²) in [6.07, 6.45) is 0. The zero-order chi connectivity index (χ0) is 19.7. The predicted octanol–water partition coefficient (Wildman–Crippen LogP) is 5.26. The highest BCUT2D eigenvalue weighted by Crippen LogP contribution is 2.29. The lowest BCUT2D eigenvalue weighted by atomic mass is 10.0. The number of aromatic nitrogens is 1. The molecule has 1 amide bonds. The summed E-state index contributed by atoms with van der Waals surface area (Å²) in [6.45, 7) is 3.51. The predicted molar refractivity (Wildman–Crippen MR) is 109 cm³/mol. The van der Waals surface area contributed by atoms with E-state index in [2.05, 4.69) is 10.5 Å². The molecule has 0 unspecified atom stereocenters. The summed E-state index contributed by atoms with van der Waals surface area (Å²) in [7, 11) is 0. The minimum Gasteiger partial charge on any atom is -0.355 e. The number of carbonyl (C=O) groups is 2. The zero-order valence-corrected chi connectivity index (χ0v) is 15.5. The van der Waals surface area contributed by atoms with Crippen LogP contribution >= 0.6 is 0 Å². The van der Waals surface area contributed by atoms with Crippen molar-refractivity contribution in [1.82, 2.24) is 5.16 Å². The second kappa shape index (κ2) is 7.12. The molecule has 0 radical (unpaired) electrons. The standard InChI is InChI=1S/C23H18N2O3/c1-14-6-8-16(9-7-14)22-20-13-18(10-11-21(20)25-28-22)23(27)24-19-5-3-4-17(12-19)15(2)26/h3-13H,1-2H3,(H,24,27). The molecule has 4 rings (SSSR count). The topological polar surface area (TPSA) is 72.2 Å². The van der Waals surface area contributed by atoms with Gasteiger partial charge < -0.3 is 9.84 Å². The molecule has 0 bridgehead atoms. The molecular formula is C23H18N2O3. The number of rotatable bonds is 4. The molecule has 0 saturated carbocycles. The maximum atomic E-state index is 12.7. The minimum absolute atomic E-state index is 0.0512. The smallest absolute Gasteiger partial charge is 0.255 e. The second-order valence-electron chi connectivity index (χ2n) is 6.70. The Balaban J connectivity index is 1.66. The zero-order valence-electron chi connectivity index (χ0n) is 15.5. The van der Waals surface area contributed by atoms with E-state index < -0.39 is 0 Å². The van der Waals surface area contributed by atoms with Crippen LogP contribution in [0.2, 0.25) is 0 Å². The number of ketones is 1. The van der Waals surface area contributed by atoms with Gasteiger partial charge in [-0.15, -0.1) is 0 Å². The van der Waals surface area contributed by atoms with Crippen LogP contribution < -0.4 is 5.32 Å². The SMILES string of the molecule is CC(=O)c1cccc(NC(=O)c2ccc3noc(-c4ccc(C)cc4)c3c2)c1. The Kier molecular flexibility index (Phi) is 4.49. The van der Waals surface area contributed by atoms with Gasteiger partial charge in [-0.05, 0) is 44.2 Å². The third-order valence-electron chi connectivity index (χ3n) is 4.58. The first-order valence-corrected chi connectivity index (χ1v) is 8.90. The van der Waals surface area contributed by atoms with E-state index >= 15 is 0 Å². The minimum atomic E-state index is -0.265. The second-order valence-corrected chi connectivity index (χ2v) is 6.70. The van der Waals surface area contributed by atoms with Crippen LogP contribution in [0.5, 0.6) is 0 Å². The Labute approximate surface area is 162 Å². The van der Waals surface area contributed by atoms with Crippen LogP contribution in [-0.4, -0.2) is 16.8 Å². The summed E-state index contributed by atoms with van der Waals surface area (Å²) >= 11 is 0. The molecule has 0 saturated heterocycles. The molecule has 0 spiro atoms. The summed E-state index contributed by atoms with van der Waals surface area (Å²) in [5.41, 5.74) is 4.35. The lowest BCUT2D eigenvalue weighted by Gasteiger charge is -2.07. The van der Waals surface area contributed by atoms with Crippen molar-refractivity contribution in [2.45, 2.75) is 13.8 Å². The van der Waals surface area contributed by atoms with Gasteiger partial charge in [0.15, 0.2) is 11.5 Å². The van der Waals surface area contributed by atoms with Crippen molar-refractivity contribution < 1.29 is 14.1 Å². The molecule has 0 aliphatic carbocycles. The van der Waals surface area contributed by atoms with Gasteiger partial charge in [0.1, 0.15) is 5.52 Å². The molecule has 5 nitrogen and oxygen atoms in total. The van der Waals surface area contributed by atoms with E-state index in [-0.39, 0.29) is 11.7 Å². The van der Waals surface area contributed by atoms with Gasteiger partial charge in [0.05, 0.1) is 5.39 Å². The van der Waals surface area contributed by atoms with Crippen molar-refractivity contribution in [2.24, 2.45) is 0 Å². The fraction of sp³-hybridized carbons (Fsp3) is 0.0870. The molecule has 138 valence electrons. The number of nitrogens with zero attached hydrogens (tertiary/aromatic N) is 1. The number of anilines is 1. The third kappa shape index (κ3) is 3.42. The van der Waals surface area contributed by atoms with Crippen molar-refractivity contribution in [3.63, 3.8) is 0 Å². The Hall–Kier alpha value is -3.73. The molecule has 5 heteroatoms. The molecule has 1 aromatic heterocycles. The monoisotopic (exact) mass is 370 g/mol. The fourth-order valence-corrected chi connectivity index (χ4v) is 3.02. The molecular weight excluding hydrogens is 352 g/mol. The molecule has 1 heterocycles. The summed E-state index contributed by atoms with van der Waals surface area (Å²) in [5, 5.41) is 7.70. The molecule has 4 aromatic rings. The number of amides is 1. The largest absolute Gasteiger partial charge is 0.355 e. The first-order valence-electron chi connectivity index (χ1n) is 8.90. The lowest BCUT2D eigenvalue weighted by molar-refractivity contribution is 0.101. The number of nitrogens with one attached hydrogen (secondary N) is 1. The molecule has 0 fully saturated rings. The molecule has 28 heavy (non-hydrogen) atoms. The number of carbonyl (C=O) groups excluding carboxylic acids is 2. The maximum Gasteiger partial charge on any atom is 0.255 e. The van der Waals surface area contributed by atoms with E-state index in [1.54, 1.807) is 42.5 Å². The van der Waals surface area contributed by atoms with Crippen LogP contribution in [0.1, 0.15) is 33.2 Å². The highest BCUT2D eigenvalue weighted by molar-refractivity contribution is 6.08. The van der Waals surface area contributed by atoms with Crippen LogP contribution in [0.15, 0.2) is 71.3 Å². The highest BCUT2D eigenvalue weighted by atomic mass is 16.5. The van der Waals surface area contributed by atoms with Gasteiger partial charge in [-0.3, -0.25) is 9.59 Å². The summed E-state index contributed by atoms with van der Waals surface area (Å²) in [5.74, 6) is 0.312. The van der Waals surface area contributed by atoms with Crippen molar-refractivity contribution in [3.05, 3.63) is 83.4 Å². The van der Waals surface area contributed by atoms with E-state index in [0.29, 0.717) is 28.1 Å². The third-order valence-corrected chi connectivity index (χ3v) is 4.58. The Morgan fingerprint density at radius 1 is 0.929 bits per heavy atom. The quantitative estimate of drug-likeness (QED) is 0.498. The number of benzene rings is 3. The van der Waals surface area contributed by atoms with Gasteiger partial charge in [0.25, 0.3) is 5.91 Å².